The van der Waals surface area contributed by atoms with Crippen molar-refractivity contribution in [1.29, 1.82) is 0 Å². The lowest BCUT2D eigenvalue weighted by atomic mass is 10.1. The van der Waals surface area contributed by atoms with Crippen molar-refractivity contribution >= 4 is 6.01 Å². The fraction of sp³-hybridized carbons (Fsp3) is 0.700. The van der Waals surface area contributed by atoms with E-state index in [2.05, 4.69) is 10.3 Å². The summed E-state index contributed by atoms with van der Waals surface area (Å²) in [6, 6.07) is 1.09. The summed E-state index contributed by atoms with van der Waals surface area (Å²) >= 11 is 0. The summed E-state index contributed by atoms with van der Waals surface area (Å²) in [6.07, 6.45) is 2.06. The van der Waals surface area contributed by atoms with Crippen LogP contribution in [-0.4, -0.2) is 24.2 Å². The van der Waals surface area contributed by atoms with Crippen LogP contribution >= 0.6 is 0 Å². The van der Waals surface area contributed by atoms with E-state index < -0.39 is 0 Å². The Kier molecular flexibility index (Phi) is 2.72. The minimum Gasteiger partial charge on any atom is -0.429 e. The molecular formula is C10H16N2O2. The maximum atomic E-state index is 5.45. The molecule has 14 heavy (non-hydrogen) atoms. The number of aryl methyl sites for hydroxylation is 2. The molecule has 0 spiro atoms. The number of nitrogens with one attached hydrogen (secondary N) is 1. The highest BCUT2D eigenvalue weighted by atomic mass is 16.5. The zero-order valence-electron chi connectivity index (χ0n) is 8.67. The van der Waals surface area contributed by atoms with E-state index in [4.69, 9.17) is 9.15 Å². The van der Waals surface area contributed by atoms with Crippen molar-refractivity contribution in [2.75, 3.05) is 18.5 Å². The summed E-state index contributed by atoms with van der Waals surface area (Å²) in [7, 11) is 0. The van der Waals surface area contributed by atoms with E-state index in [1.54, 1.807) is 0 Å². The number of anilines is 1. The van der Waals surface area contributed by atoms with Crippen LogP contribution in [0.3, 0.4) is 0 Å². The fourth-order valence-corrected chi connectivity index (χ4v) is 1.55. The second kappa shape index (κ2) is 4.00. The predicted molar refractivity (Wildman–Crippen MR) is 53.4 cm³/mol. The highest BCUT2D eigenvalue weighted by Gasteiger charge is 2.15. The molecule has 0 unspecified atom stereocenters. The van der Waals surface area contributed by atoms with E-state index in [0.717, 1.165) is 37.5 Å². The molecule has 0 bridgehead atoms. The molecule has 1 aromatic heterocycles. The molecule has 0 radical (unpaired) electrons. The van der Waals surface area contributed by atoms with Crippen molar-refractivity contribution in [3.63, 3.8) is 0 Å². The Morgan fingerprint density at radius 3 is 2.57 bits per heavy atom. The summed E-state index contributed by atoms with van der Waals surface area (Å²) in [6.45, 7) is 5.54. The number of aromatic nitrogens is 1. The summed E-state index contributed by atoms with van der Waals surface area (Å²) in [5.41, 5.74) is 0.958. The maximum Gasteiger partial charge on any atom is 0.295 e. The third kappa shape index (κ3) is 2.07. The highest BCUT2D eigenvalue weighted by Crippen LogP contribution is 2.17. The van der Waals surface area contributed by atoms with Gasteiger partial charge in [0.1, 0.15) is 5.76 Å². The van der Waals surface area contributed by atoms with E-state index in [1.165, 1.54) is 0 Å². The molecule has 4 heteroatoms. The SMILES string of the molecule is Cc1nc(NC2CCOCC2)oc1C. The van der Waals surface area contributed by atoms with E-state index in [1.807, 2.05) is 13.8 Å². The predicted octanol–water partition coefficient (Wildman–Crippen LogP) is 1.88. The van der Waals surface area contributed by atoms with Gasteiger partial charge in [0.25, 0.3) is 6.01 Å². The van der Waals surface area contributed by atoms with Crippen molar-refractivity contribution in [2.24, 2.45) is 0 Å². The van der Waals surface area contributed by atoms with Gasteiger partial charge in [-0.3, -0.25) is 0 Å². The lowest BCUT2D eigenvalue weighted by Crippen LogP contribution is -2.27. The molecule has 0 atom stereocenters. The molecule has 1 saturated heterocycles. The molecule has 4 nitrogen and oxygen atoms in total. The van der Waals surface area contributed by atoms with Crippen LogP contribution in [0.25, 0.3) is 0 Å². The lowest BCUT2D eigenvalue weighted by molar-refractivity contribution is 0.0899. The van der Waals surface area contributed by atoms with Crippen LogP contribution in [0.15, 0.2) is 4.42 Å². The number of oxazole rings is 1. The van der Waals surface area contributed by atoms with Crippen molar-refractivity contribution < 1.29 is 9.15 Å². The van der Waals surface area contributed by atoms with E-state index in [0.29, 0.717) is 12.1 Å². The van der Waals surface area contributed by atoms with Crippen LogP contribution in [0.5, 0.6) is 0 Å². The van der Waals surface area contributed by atoms with Crippen molar-refractivity contribution in [2.45, 2.75) is 32.7 Å². The minimum absolute atomic E-state index is 0.446. The molecule has 2 heterocycles. The quantitative estimate of drug-likeness (QED) is 0.784. The Morgan fingerprint density at radius 1 is 1.29 bits per heavy atom. The first-order valence-electron chi connectivity index (χ1n) is 5.04. The lowest BCUT2D eigenvalue weighted by Gasteiger charge is -2.21. The molecule has 1 fully saturated rings. The Labute approximate surface area is 83.7 Å². The molecule has 1 aliphatic rings. The zero-order valence-corrected chi connectivity index (χ0v) is 8.67. The first-order chi connectivity index (χ1) is 6.75. The average Bonchev–Trinajstić information content (AvgIpc) is 2.47. The van der Waals surface area contributed by atoms with Gasteiger partial charge in [-0.1, -0.05) is 0 Å². The topological polar surface area (TPSA) is 47.3 Å². The Hall–Kier alpha value is -1.03. The Bertz CT molecular complexity index is 284. The van der Waals surface area contributed by atoms with Crippen LogP contribution in [0, 0.1) is 13.8 Å². The normalized spacial score (nSPS) is 18.4. The Balaban J connectivity index is 1.95. The van der Waals surface area contributed by atoms with Crippen molar-refractivity contribution in [3.8, 4) is 0 Å². The van der Waals surface area contributed by atoms with Gasteiger partial charge in [0.2, 0.25) is 0 Å². The van der Waals surface area contributed by atoms with Crippen LogP contribution in [0.1, 0.15) is 24.3 Å². The van der Waals surface area contributed by atoms with Crippen molar-refractivity contribution in [3.05, 3.63) is 11.5 Å². The summed E-state index contributed by atoms with van der Waals surface area (Å²) in [4.78, 5) is 4.29. The summed E-state index contributed by atoms with van der Waals surface area (Å²) < 4.78 is 10.7. The number of hydrogen-bond donors (Lipinski definition) is 1. The summed E-state index contributed by atoms with van der Waals surface area (Å²) in [5.74, 6) is 0.888. The van der Waals surface area contributed by atoms with Gasteiger partial charge in [-0.15, -0.1) is 0 Å². The van der Waals surface area contributed by atoms with Gasteiger partial charge in [-0.25, -0.2) is 0 Å². The third-order valence-electron chi connectivity index (χ3n) is 2.58. The molecule has 1 aromatic rings. The molecule has 0 saturated carbocycles. The summed E-state index contributed by atoms with van der Waals surface area (Å²) in [5, 5.41) is 3.28. The van der Waals surface area contributed by atoms with Crippen LogP contribution < -0.4 is 5.32 Å². The smallest absolute Gasteiger partial charge is 0.295 e. The number of nitrogens with zero attached hydrogens (tertiary/aromatic N) is 1. The van der Waals surface area contributed by atoms with Gasteiger partial charge in [-0.2, -0.15) is 4.98 Å². The van der Waals surface area contributed by atoms with Crippen LogP contribution in [0.2, 0.25) is 0 Å². The monoisotopic (exact) mass is 196 g/mol. The standard InChI is InChI=1S/C10H16N2O2/c1-7-8(2)14-10(11-7)12-9-3-5-13-6-4-9/h9H,3-6H2,1-2H3,(H,11,12). The van der Waals surface area contributed by atoms with Crippen LogP contribution in [0.4, 0.5) is 6.01 Å². The maximum absolute atomic E-state index is 5.45. The average molecular weight is 196 g/mol. The number of rotatable bonds is 2. The van der Waals surface area contributed by atoms with Crippen molar-refractivity contribution in [1.82, 2.24) is 4.98 Å². The highest BCUT2D eigenvalue weighted by molar-refractivity contribution is 5.26. The van der Waals surface area contributed by atoms with Gasteiger partial charge < -0.3 is 14.5 Å². The van der Waals surface area contributed by atoms with Gasteiger partial charge in [0.15, 0.2) is 0 Å². The molecule has 2 rings (SSSR count). The third-order valence-corrected chi connectivity index (χ3v) is 2.58. The van der Waals surface area contributed by atoms with E-state index in [9.17, 15) is 0 Å². The number of ether oxygens (including phenoxy) is 1. The fourth-order valence-electron chi connectivity index (χ4n) is 1.55. The van der Waals surface area contributed by atoms with Gasteiger partial charge in [0.05, 0.1) is 5.69 Å². The largest absolute Gasteiger partial charge is 0.429 e. The first-order valence-corrected chi connectivity index (χ1v) is 5.04. The van der Waals surface area contributed by atoms with Crippen LogP contribution in [-0.2, 0) is 4.74 Å². The van der Waals surface area contributed by atoms with E-state index >= 15 is 0 Å². The molecule has 78 valence electrons. The molecular weight excluding hydrogens is 180 g/mol. The van der Waals surface area contributed by atoms with Gasteiger partial charge >= 0.3 is 0 Å². The molecule has 0 aliphatic carbocycles. The molecule has 1 N–H and O–H groups in total. The van der Waals surface area contributed by atoms with Gasteiger partial charge in [-0.05, 0) is 26.7 Å². The molecule has 0 aromatic carbocycles. The molecule has 1 aliphatic heterocycles. The Morgan fingerprint density at radius 2 is 2.00 bits per heavy atom. The number of hydrogen-bond acceptors (Lipinski definition) is 4. The second-order valence-corrected chi connectivity index (χ2v) is 3.69. The van der Waals surface area contributed by atoms with Gasteiger partial charge in [0, 0.05) is 19.3 Å². The second-order valence-electron chi connectivity index (χ2n) is 3.69. The first kappa shape index (κ1) is 9.52. The molecule has 0 amide bonds. The zero-order chi connectivity index (χ0) is 9.97. The van der Waals surface area contributed by atoms with E-state index in [-0.39, 0.29) is 0 Å². The minimum atomic E-state index is 0.446.